The largest absolute Gasteiger partial charge is 0.355 e. The molecule has 3 aliphatic rings. The zero-order chi connectivity index (χ0) is 14.9. The van der Waals surface area contributed by atoms with Crippen molar-refractivity contribution >= 4 is 11.7 Å². The minimum atomic E-state index is 0.312. The van der Waals surface area contributed by atoms with Crippen molar-refractivity contribution in [1.82, 2.24) is 14.9 Å². The van der Waals surface area contributed by atoms with Crippen molar-refractivity contribution in [3.63, 3.8) is 0 Å². The minimum absolute atomic E-state index is 0.312. The van der Waals surface area contributed by atoms with Crippen LogP contribution in [0, 0.1) is 5.92 Å². The summed E-state index contributed by atoms with van der Waals surface area (Å²) in [5, 5.41) is 0. The fraction of sp³-hybridized carbons (Fsp3) is 0.706. The van der Waals surface area contributed by atoms with Crippen LogP contribution in [0.5, 0.6) is 0 Å². The van der Waals surface area contributed by atoms with Gasteiger partial charge in [-0.1, -0.05) is 6.42 Å². The molecule has 5 heteroatoms. The highest BCUT2D eigenvalue weighted by molar-refractivity contribution is 5.79. The zero-order valence-corrected chi connectivity index (χ0v) is 13.1. The van der Waals surface area contributed by atoms with E-state index in [-0.39, 0.29) is 0 Å². The monoisotopic (exact) mass is 300 g/mol. The van der Waals surface area contributed by atoms with Gasteiger partial charge in [0.25, 0.3) is 0 Å². The quantitative estimate of drug-likeness (QED) is 0.858. The Morgan fingerprint density at radius 1 is 1.05 bits per heavy atom. The van der Waals surface area contributed by atoms with Gasteiger partial charge in [-0.2, -0.15) is 0 Å². The lowest BCUT2D eigenvalue weighted by molar-refractivity contribution is -0.137. The van der Waals surface area contributed by atoms with E-state index in [4.69, 9.17) is 4.98 Å². The summed E-state index contributed by atoms with van der Waals surface area (Å²) < 4.78 is 0. The molecule has 0 spiro atoms. The Morgan fingerprint density at radius 2 is 1.91 bits per heavy atom. The van der Waals surface area contributed by atoms with Gasteiger partial charge in [0.05, 0.1) is 0 Å². The van der Waals surface area contributed by atoms with Gasteiger partial charge in [0.2, 0.25) is 5.91 Å². The summed E-state index contributed by atoms with van der Waals surface area (Å²) in [6.07, 6.45) is 8.78. The lowest BCUT2D eigenvalue weighted by atomic mass is 9.84. The third kappa shape index (κ3) is 2.81. The molecule has 2 aliphatic carbocycles. The second kappa shape index (κ2) is 5.86. The zero-order valence-electron chi connectivity index (χ0n) is 13.1. The van der Waals surface area contributed by atoms with Gasteiger partial charge in [-0.3, -0.25) is 4.79 Å². The van der Waals surface area contributed by atoms with Crippen LogP contribution in [0.15, 0.2) is 12.3 Å². The summed E-state index contributed by atoms with van der Waals surface area (Å²) in [6, 6.07) is 2.01. The minimum Gasteiger partial charge on any atom is -0.355 e. The van der Waals surface area contributed by atoms with Gasteiger partial charge < -0.3 is 9.80 Å². The van der Waals surface area contributed by atoms with Gasteiger partial charge >= 0.3 is 0 Å². The lowest BCUT2D eigenvalue weighted by Crippen LogP contribution is -2.41. The van der Waals surface area contributed by atoms with Crippen LogP contribution in [-0.4, -0.2) is 47.0 Å². The number of hydrogen-bond donors (Lipinski definition) is 0. The highest BCUT2D eigenvalue weighted by Crippen LogP contribution is 2.38. The average Bonchev–Trinajstić information content (AvgIpc) is 3.32. The molecular weight excluding hydrogens is 276 g/mol. The number of aromatic nitrogens is 2. The van der Waals surface area contributed by atoms with Gasteiger partial charge in [-0.05, 0) is 38.2 Å². The molecule has 1 aromatic rings. The Hall–Kier alpha value is -1.65. The smallest absolute Gasteiger partial charge is 0.225 e. The standard InChI is InChI=1S/C17H24N4O/c22-17(14-3-1-4-14)21-10-2-9-20(11-12-21)15-7-8-18-16(19-15)13-5-6-13/h7-8,13-14H,1-6,9-12H2. The predicted octanol–water partition coefficient (Wildman–Crippen LogP) is 2.19. The molecule has 22 heavy (non-hydrogen) atoms. The van der Waals surface area contributed by atoms with E-state index in [2.05, 4.69) is 14.8 Å². The van der Waals surface area contributed by atoms with E-state index in [9.17, 15) is 4.79 Å². The number of carbonyl (C=O) groups excluding carboxylic acids is 1. The molecule has 2 heterocycles. The Labute approximate surface area is 131 Å². The van der Waals surface area contributed by atoms with E-state index in [0.717, 1.165) is 57.1 Å². The summed E-state index contributed by atoms with van der Waals surface area (Å²) in [7, 11) is 0. The molecule has 0 radical (unpaired) electrons. The summed E-state index contributed by atoms with van der Waals surface area (Å²) >= 11 is 0. The van der Waals surface area contributed by atoms with Gasteiger partial charge in [-0.15, -0.1) is 0 Å². The SMILES string of the molecule is O=C(C1CCC1)N1CCCN(c2ccnc(C3CC3)n2)CC1. The molecule has 1 aromatic heterocycles. The van der Waals surface area contributed by atoms with Gasteiger partial charge in [-0.25, -0.2) is 9.97 Å². The van der Waals surface area contributed by atoms with Crippen LogP contribution in [0.25, 0.3) is 0 Å². The first kappa shape index (κ1) is 14.0. The summed E-state index contributed by atoms with van der Waals surface area (Å²) in [5.74, 6) is 3.32. The molecule has 1 amide bonds. The summed E-state index contributed by atoms with van der Waals surface area (Å²) in [4.78, 5) is 26.0. The van der Waals surface area contributed by atoms with Crippen LogP contribution in [0.3, 0.4) is 0 Å². The predicted molar refractivity (Wildman–Crippen MR) is 84.8 cm³/mol. The molecule has 5 nitrogen and oxygen atoms in total. The molecule has 0 N–H and O–H groups in total. The molecule has 1 saturated heterocycles. The fourth-order valence-corrected chi connectivity index (χ4v) is 3.36. The van der Waals surface area contributed by atoms with Crippen molar-refractivity contribution in [1.29, 1.82) is 0 Å². The summed E-state index contributed by atoms with van der Waals surface area (Å²) in [6.45, 7) is 3.60. The highest BCUT2D eigenvalue weighted by atomic mass is 16.2. The first-order chi connectivity index (χ1) is 10.8. The van der Waals surface area contributed by atoms with Crippen molar-refractivity contribution < 1.29 is 4.79 Å². The van der Waals surface area contributed by atoms with Crippen LogP contribution >= 0.6 is 0 Å². The highest BCUT2D eigenvalue weighted by Gasteiger charge is 2.31. The van der Waals surface area contributed by atoms with E-state index in [1.54, 1.807) is 0 Å². The molecule has 3 fully saturated rings. The summed E-state index contributed by atoms with van der Waals surface area (Å²) in [5.41, 5.74) is 0. The second-order valence-electron chi connectivity index (χ2n) is 6.84. The first-order valence-corrected chi connectivity index (χ1v) is 8.68. The number of anilines is 1. The van der Waals surface area contributed by atoms with Crippen LogP contribution in [-0.2, 0) is 4.79 Å². The molecular formula is C17H24N4O. The molecule has 0 unspecified atom stereocenters. The number of nitrogens with zero attached hydrogens (tertiary/aromatic N) is 4. The number of amides is 1. The molecule has 0 atom stereocenters. The van der Waals surface area contributed by atoms with E-state index in [1.807, 2.05) is 12.3 Å². The van der Waals surface area contributed by atoms with E-state index in [0.29, 0.717) is 17.7 Å². The normalized spacial score (nSPS) is 23.1. The maximum atomic E-state index is 12.4. The Balaban J connectivity index is 1.41. The third-order valence-electron chi connectivity index (χ3n) is 5.19. The van der Waals surface area contributed by atoms with Crippen LogP contribution in [0.1, 0.15) is 50.3 Å². The van der Waals surface area contributed by atoms with Crippen molar-refractivity contribution in [3.05, 3.63) is 18.1 Å². The van der Waals surface area contributed by atoms with Gasteiger partial charge in [0.15, 0.2) is 0 Å². The van der Waals surface area contributed by atoms with Crippen molar-refractivity contribution in [3.8, 4) is 0 Å². The molecule has 1 aliphatic heterocycles. The maximum absolute atomic E-state index is 12.4. The molecule has 118 valence electrons. The third-order valence-corrected chi connectivity index (χ3v) is 5.19. The van der Waals surface area contributed by atoms with Crippen LogP contribution < -0.4 is 4.90 Å². The molecule has 0 aromatic carbocycles. The Bertz CT molecular complexity index is 553. The number of hydrogen-bond acceptors (Lipinski definition) is 4. The first-order valence-electron chi connectivity index (χ1n) is 8.68. The molecule has 2 saturated carbocycles. The van der Waals surface area contributed by atoms with E-state index < -0.39 is 0 Å². The molecule has 0 bridgehead atoms. The maximum Gasteiger partial charge on any atom is 0.225 e. The Morgan fingerprint density at radius 3 is 2.64 bits per heavy atom. The van der Waals surface area contributed by atoms with Crippen LogP contribution in [0.4, 0.5) is 5.82 Å². The van der Waals surface area contributed by atoms with Gasteiger partial charge in [0.1, 0.15) is 11.6 Å². The molecule has 4 rings (SSSR count). The Kier molecular flexibility index (Phi) is 3.72. The van der Waals surface area contributed by atoms with E-state index in [1.165, 1.54) is 19.3 Å². The second-order valence-corrected chi connectivity index (χ2v) is 6.84. The van der Waals surface area contributed by atoms with Crippen molar-refractivity contribution in [2.75, 3.05) is 31.1 Å². The van der Waals surface area contributed by atoms with Gasteiger partial charge in [0, 0.05) is 44.2 Å². The fourth-order valence-electron chi connectivity index (χ4n) is 3.36. The average molecular weight is 300 g/mol. The van der Waals surface area contributed by atoms with Crippen LogP contribution in [0.2, 0.25) is 0 Å². The topological polar surface area (TPSA) is 49.3 Å². The van der Waals surface area contributed by atoms with E-state index >= 15 is 0 Å². The lowest BCUT2D eigenvalue weighted by Gasteiger charge is -2.31. The number of rotatable bonds is 3. The number of carbonyl (C=O) groups is 1. The van der Waals surface area contributed by atoms with Crippen molar-refractivity contribution in [2.24, 2.45) is 5.92 Å². The van der Waals surface area contributed by atoms with Crippen molar-refractivity contribution in [2.45, 2.75) is 44.4 Å².